The van der Waals surface area contributed by atoms with E-state index in [1.165, 1.54) is 5.56 Å². The third-order valence-corrected chi connectivity index (χ3v) is 7.32. The lowest BCUT2D eigenvalue weighted by molar-refractivity contribution is -0.140. The van der Waals surface area contributed by atoms with Gasteiger partial charge in [-0.2, -0.15) is 0 Å². The minimum absolute atomic E-state index is 0.0159. The molecule has 1 heterocycles. The average molecular weight is 430 g/mol. The maximum absolute atomic E-state index is 13.3. The highest BCUT2D eigenvalue weighted by Crippen LogP contribution is 2.23. The highest BCUT2D eigenvalue weighted by Gasteiger charge is 2.36. The number of aryl methyl sites for hydroxylation is 3. The van der Waals surface area contributed by atoms with Crippen LogP contribution in [0.2, 0.25) is 0 Å². The summed E-state index contributed by atoms with van der Waals surface area (Å²) < 4.78 is 30.1. The van der Waals surface area contributed by atoms with E-state index in [0.717, 1.165) is 23.1 Å². The van der Waals surface area contributed by atoms with Crippen molar-refractivity contribution in [3.05, 3.63) is 64.7 Å². The van der Waals surface area contributed by atoms with Crippen LogP contribution in [0.4, 0.5) is 0 Å². The quantitative estimate of drug-likeness (QED) is 0.671. The van der Waals surface area contributed by atoms with E-state index in [0.29, 0.717) is 18.7 Å². The number of sulfone groups is 1. The highest BCUT2D eigenvalue weighted by molar-refractivity contribution is 7.91. The number of ether oxygens (including phenoxy) is 1. The van der Waals surface area contributed by atoms with Gasteiger partial charge < -0.3 is 9.64 Å². The SMILES string of the molecule is CCc1ccc(CN(C(=O)C(C)Oc2cc(C)cc(C)c2)C2CCS(=O)(=O)C2)cc1. The standard InChI is InChI=1S/C24H31NO4S/c1-5-20-6-8-21(9-7-20)15-25(22-10-11-30(27,28)16-22)24(26)19(4)29-23-13-17(2)12-18(3)14-23/h6-9,12-14,19,22H,5,10-11,15-16H2,1-4H3. The summed E-state index contributed by atoms with van der Waals surface area (Å²) in [7, 11) is -3.11. The average Bonchev–Trinajstić information content (AvgIpc) is 3.04. The van der Waals surface area contributed by atoms with Gasteiger partial charge in [0.25, 0.3) is 5.91 Å². The molecule has 3 rings (SSSR count). The Balaban J connectivity index is 1.81. The fraction of sp³-hybridized carbons (Fsp3) is 0.458. The maximum Gasteiger partial charge on any atom is 0.263 e. The zero-order valence-electron chi connectivity index (χ0n) is 18.2. The molecule has 1 fully saturated rings. The molecule has 1 saturated heterocycles. The van der Waals surface area contributed by atoms with Crippen molar-refractivity contribution in [1.82, 2.24) is 4.90 Å². The Morgan fingerprint density at radius 3 is 2.23 bits per heavy atom. The molecular weight excluding hydrogens is 398 g/mol. The molecule has 5 nitrogen and oxygen atoms in total. The molecule has 1 aliphatic heterocycles. The van der Waals surface area contributed by atoms with E-state index >= 15 is 0 Å². The van der Waals surface area contributed by atoms with Gasteiger partial charge >= 0.3 is 0 Å². The summed E-state index contributed by atoms with van der Waals surface area (Å²) in [6.07, 6.45) is 0.714. The van der Waals surface area contributed by atoms with Crippen LogP contribution in [-0.2, 0) is 27.6 Å². The van der Waals surface area contributed by atoms with Crippen molar-refractivity contribution in [2.75, 3.05) is 11.5 Å². The molecule has 0 aromatic heterocycles. The lowest BCUT2D eigenvalue weighted by atomic mass is 10.1. The molecular formula is C24H31NO4S. The molecule has 2 aromatic rings. The van der Waals surface area contributed by atoms with Crippen molar-refractivity contribution in [3.8, 4) is 5.75 Å². The van der Waals surface area contributed by atoms with E-state index in [4.69, 9.17) is 4.74 Å². The van der Waals surface area contributed by atoms with Gasteiger partial charge in [-0.25, -0.2) is 8.42 Å². The molecule has 0 N–H and O–H groups in total. The Hall–Kier alpha value is -2.34. The van der Waals surface area contributed by atoms with Crippen LogP contribution in [-0.4, -0.2) is 42.9 Å². The van der Waals surface area contributed by atoms with Gasteiger partial charge in [0.2, 0.25) is 0 Å². The van der Waals surface area contributed by atoms with E-state index < -0.39 is 15.9 Å². The monoisotopic (exact) mass is 429 g/mol. The number of hydrogen-bond donors (Lipinski definition) is 0. The summed E-state index contributed by atoms with van der Waals surface area (Å²) in [5.41, 5.74) is 4.36. The Morgan fingerprint density at radius 1 is 1.10 bits per heavy atom. The van der Waals surface area contributed by atoms with Crippen LogP contribution in [0.3, 0.4) is 0 Å². The van der Waals surface area contributed by atoms with Gasteiger partial charge in [-0.15, -0.1) is 0 Å². The van der Waals surface area contributed by atoms with Crippen molar-refractivity contribution in [1.29, 1.82) is 0 Å². The molecule has 1 aliphatic rings. The second kappa shape index (κ2) is 9.21. The van der Waals surface area contributed by atoms with Gasteiger partial charge in [-0.1, -0.05) is 37.3 Å². The molecule has 6 heteroatoms. The topological polar surface area (TPSA) is 63.7 Å². The minimum atomic E-state index is -3.11. The Morgan fingerprint density at radius 2 is 1.70 bits per heavy atom. The van der Waals surface area contributed by atoms with Crippen molar-refractivity contribution < 1.29 is 17.9 Å². The Bertz CT molecular complexity index is 978. The van der Waals surface area contributed by atoms with Gasteiger partial charge in [-0.05, 0) is 68.0 Å². The van der Waals surface area contributed by atoms with Crippen LogP contribution in [0.5, 0.6) is 5.75 Å². The number of carbonyl (C=O) groups excluding carboxylic acids is 1. The number of carbonyl (C=O) groups is 1. The zero-order chi connectivity index (χ0) is 21.9. The predicted octanol–water partition coefficient (Wildman–Crippen LogP) is 3.85. The molecule has 2 aromatic carbocycles. The van der Waals surface area contributed by atoms with Crippen LogP contribution >= 0.6 is 0 Å². The largest absolute Gasteiger partial charge is 0.481 e. The molecule has 0 saturated carbocycles. The normalized spacial score (nSPS) is 18.7. The Kier molecular flexibility index (Phi) is 6.86. The molecule has 0 radical (unpaired) electrons. The number of nitrogens with zero attached hydrogens (tertiary/aromatic N) is 1. The van der Waals surface area contributed by atoms with Gasteiger partial charge in [0.05, 0.1) is 11.5 Å². The first kappa shape index (κ1) is 22.3. The fourth-order valence-electron chi connectivity index (χ4n) is 3.97. The van der Waals surface area contributed by atoms with E-state index in [-0.39, 0.29) is 23.5 Å². The smallest absolute Gasteiger partial charge is 0.263 e. The van der Waals surface area contributed by atoms with Crippen molar-refractivity contribution in [3.63, 3.8) is 0 Å². The van der Waals surface area contributed by atoms with Crippen LogP contribution < -0.4 is 4.74 Å². The first-order valence-corrected chi connectivity index (χ1v) is 12.3. The molecule has 2 unspecified atom stereocenters. The summed E-state index contributed by atoms with van der Waals surface area (Å²) >= 11 is 0. The van der Waals surface area contributed by atoms with Crippen molar-refractivity contribution >= 4 is 15.7 Å². The second-order valence-electron chi connectivity index (χ2n) is 8.28. The number of amides is 1. The molecule has 2 atom stereocenters. The fourth-order valence-corrected chi connectivity index (χ4v) is 5.70. The molecule has 1 amide bonds. The maximum atomic E-state index is 13.3. The summed E-state index contributed by atoms with van der Waals surface area (Å²) in [4.78, 5) is 15.0. The molecule has 0 bridgehead atoms. The van der Waals surface area contributed by atoms with E-state index in [1.807, 2.05) is 38.1 Å². The summed E-state index contributed by atoms with van der Waals surface area (Å²) in [6, 6.07) is 13.7. The van der Waals surface area contributed by atoms with Gasteiger partial charge in [0, 0.05) is 12.6 Å². The molecule has 0 spiro atoms. The Labute approximate surface area is 180 Å². The molecule has 0 aliphatic carbocycles. The molecule has 162 valence electrons. The summed E-state index contributed by atoms with van der Waals surface area (Å²) in [5, 5.41) is 0. The minimum Gasteiger partial charge on any atom is -0.481 e. The lowest BCUT2D eigenvalue weighted by Crippen LogP contribution is -2.46. The van der Waals surface area contributed by atoms with E-state index in [2.05, 4.69) is 25.1 Å². The van der Waals surface area contributed by atoms with Crippen LogP contribution in [0.1, 0.15) is 42.5 Å². The third-order valence-electron chi connectivity index (χ3n) is 5.57. The number of benzene rings is 2. The lowest BCUT2D eigenvalue weighted by Gasteiger charge is -2.31. The van der Waals surface area contributed by atoms with Crippen molar-refractivity contribution in [2.24, 2.45) is 0 Å². The van der Waals surface area contributed by atoms with Gasteiger partial charge in [-0.3, -0.25) is 4.79 Å². The first-order valence-electron chi connectivity index (χ1n) is 10.5. The highest BCUT2D eigenvalue weighted by atomic mass is 32.2. The van der Waals surface area contributed by atoms with E-state index in [9.17, 15) is 13.2 Å². The summed E-state index contributed by atoms with van der Waals surface area (Å²) in [5.74, 6) is 0.611. The summed E-state index contributed by atoms with van der Waals surface area (Å²) in [6.45, 7) is 8.18. The van der Waals surface area contributed by atoms with Crippen LogP contribution in [0, 0.1) is 13.8 Å². The van der Waals surface area contributed by atoms with Crippen LogP contribution in [0.15, 0.2) is 42.5 Å². The number of hydrogen-bond acceptors (Lipinski definition) is 4. The van der Waals surface area contributed by atoms with E-state index in [1.54, 1.807) is 11.8 Å². The first-order chi connectivity index (χ1) is 14.2. The predicted molar refractivity (Wildman–Crippen MR) is 119 cm³/mol. The van der Waals surface area contributed by atoms with Crippen LogP contribution in [0.25, 0.3) is 0 Å². The second-order valence-corrected chi connectivity index (χ2v) is 10.5. The zero-order valence-corrected chi connectivity index (χ0v) is 19.0. The van der Waals surface area contributed by atoms with Gasteiger partial charge in [0.1, 0.15) is 5.75 Å². The van der Waals surface area contributed by atoms with Gasteiger partial charge in [0.15, 0.2) is 15.9 Å². The molecule has 30 heavy (non-hydrogen) atoms. The van der Waals surface area contributed by atoms with Crippen molar-refractivity contribution in [2.45, 2.75) is 59.2 Å². The number of rotatable bonds is 7. The third kappa shape index (κ3) is 5.63.